The van der Waals surface area contributed by atoms with Crippen LogP contribution in [0.3, 0.4) is 0 Å². The van der Waals surface area contributed by atoms with E-state index in [0.717, 1.165) is 19.6 Å². The summed E-state index contributed by atoms with van der Waals surface area (Å²) in [4.78, 5) is 14.3. The van der Waals surface area contributed by atoms with Crippen LogP contribution in [0.25, 0.3) is 0 Å². The van der Waals surface area contributed by atoms with E-state index in [1.54, 1.807) is 19.2 Å². The molecule has 1 aromatic carbocycles. The number of benzene rings is 1. The average molecular weight is 263 g/mol. The molecule has 2 rings (SSSR count). The summed E-state index contributed by atoms with van der Waals surface area (Å²) in [5, 5.41) is 6.35. The van der Waals surface area contributed by atoms with E-state index in [0.29, 0.717) is 23.9 Å². The smallest absolute Gasteiger partial charge is 0.251 e. The fourth-order valence-corrected chi connectivity index (χ4v) is 2.21. The molecule has 0 spiro atoms. The van der Waals surface area contributed by atoms with E-state index in [1.807, 2.05) is 12.1 Å². The fourth-order valence-electron chi connectivity index (χ4n) is 2.21. The lowest BCUT2D eigenvalue weighted by atomic mass is 10.2. The molecule has 1 heterocycles. The third-order valence-electron chi connectivity index (χ3n) is 3.30. The van der Waals surface area contributed by atoms with Crippen LogP contribution < -0.4 is 15.4 Å². The summed E-state index contributed by atoms with van der Waals surface area (Å²) in [6.07, 6.45) is 0. The summed E-state index contributed by atoms with van der Waals surface area (Å²) in [5.74, 6) is 0.636. The summed E-state index contributed by atoms with van der Waals surface area (Å²) >= 11 is 0. The van der Waals surface area contributed by atoms with Gasteiger partial charge in [-0.2, -0.15) is 0 Å². The van der Waals surface area contributed by atoms with Crippen LogP contribution in [0.1, 0.15) is 10.4 Å². The van der Waals surface area contributed by atoms with Gasteiger partial charge in [-0.15, -0.1) is 0 Å². The number of carbonyl (C=O) groups is 1. The lowest BCUT2D eigenvalue weighted by molar-refractivity contribution is 0.0943. The quantitative estimate of drug-likeness (QED) is 0.822. The number of piperazine rings is 1. The predicted octanol–water partition coefficient (Wildman–Crippen LogP) is 0.329. The second-order valence-corrected chi connectivity index (χ2v) is 4.86. The first-order valence-corrected chi connectivity index (χ1v) is 6.53. The molecule has 104 valence electrons. The van der Waals surface area contributed by atoms with Gasteiger partial charge >= 0.3 is 0 Å². The first kappa shape index (κ1) is 13.8. The Morgan fingerprint density at radius 2 is 2.42 bits per heavy atom. The van der Waals surface area contributed by atoms with Crippen LogP contribution in [0, 0.1) is 0 Å². The van der Waals surface area contributed by atoms with Crippen molar-refractivity contribution < 1.29 is 9.53 Å². The number of likely N-dealkylation sites (N-methyl/N-ethyl adjacent to an activating group) is 1. The van der Waals surface area contributed by atoms with Crippen molar-refractivity contribution in [2.75, 3.05) is 40.3 Å². The number of nitrogens with one attached hydrogen (secondary N) is 2. The molecule has 1 saturated heterocycles. The van der Waals surface area contributed by atoms with Crippen LogP contribution in [0.2, 0.25) is 0 Å². The lowest BCUT2D eigenvalue weighted by Crippen LogP contribution is -2.53. The topological polar surface area (TPSA) is 53.6 Å². The molecule has 1 aliphatic heterocycles. The van der Waals surface area contributed by atoms with Gasteiger partial charge in [-0.1, -0.05) is 6.07 Å². The van der Waals surface area contributed by atoms with Crippen molar-refractivity contribution in [2.24, 2.45) is 0 Å². The number of nitrogens with zero attached hydrogens (tertiary/aromatic N) is 1. The average Bonchev–Trinajstić information content (AvgIpc) is 2.45. The Kier molecular flexibility index (Phi) is 4.76. The van der Waals surface area contributed by atoms with Gasteiger partial charge in [-0.25, -0.2) is 0 Å². The molecule has 1 fully saturated rings. The van der Waals surface area contributed by atoms with Crippen molar-refractivity contribution in [1.82, 2.24) is 15.5 Å². The first-order chi connectivity index (χ1) is 9.19. The Morgan fingerprint density at radius 1 is 1.58 bits per heavy atom. The van der Waals surface area contributed by atoms with Crippen LogP contribution in [-0.4, -0.2) is 57.2 Å². The van der Waals surface area contributed by atoms with Gasteiger partial charge in [0.2, 0.25) is 0 Å². The van der Waals surface area contributed by atoms with Gasteiger partial charge in [0.05, 0.1) is 7.11 Å². The minimum absolute atomic E-state index is 0.0612. The monoisotopic (exact) mass is 263 g/mol. The SMILES string of the molecule is COc1cccc(C(=O)NCC2CN(C)CCN2)c1. The molecule has 1 atom stereocenters. The number of hydrogen-bond acceptors (Lipinski definition) is 4. The molecule has 2 N–H and O–H groups in total. The third-order valence-corrected chi connectivity index (χ3v) is 3.30. The van der Waals surface area contributed by atoms with Gasteiger partial charge in [0.1, 0.15) is 5.75 Å². The minimum atomic E-state index is -0.0612. The number of carbonyl (C=O) groups excluding carboxylic acids is 1. The van der Waals surface area contributed by atoms with E-state index in [-0.39, 0.29) is 5.91 Å². The predicted molar refractivity (Wildman–Crippen MR) is 74.6 cm³/mol. The normalized spacial score (nSPS) is 20.0. The third kappa shape index (κ3) is 3.94. The molecular formula is C14H21N3O2. The Morgan fingerprint density at radius 3 is 3.16 bits per heavy atom. The fraction of sp³-hybridized carbons (Fsp3) is 0.500. The standard InChI is InChI=1S/C14H21N3O2/c1-17-7-6-15-12(10-17)9-16-14(18)11-4-3-5-13(8-11)19-2/h3-5,8,12,15H,6-7,9-10H2,1-2H3,(H,16,18). The lowest BCUT2D eigenvalue weighted by Gasteiger charge is -2.30. The van der Waals surface area contributed by atoms with Crippen molar-refractivity contribution in [3.63, 3.8) is 0 Å². The molecular weight excluding hydrogens is 242 g/mol. The van der Waals surface area contributed by atoms with E-state index in [4.69, 9.17) is 4.74 Å². The summed E-state index contributed by atoms with van der Waals surface area (Å²) in [5.41, 5.74) is 0.628. The van der Waals surface area contributed by atoms with Crippen molar-refractivity contribution in [1.29, 1.82) is 0 Å². The molecule has 1 aliphatic rings. The summed E-state index contributed by atoms with van der Waals surface area (Å²) in [6.45, 7) is 3.62. The van der Waals surface area contributed by atoms with Gasteiger partial charge in [0.25, 0.3) is 5.91 Å². The van der Waals surface area contributed by atoms with Crippen LogP contribution in [0.15, 0.2) is 24.3 Å². The van der Waals surface area contributed by atoms with Gasteiger partial charge < -0.3 is 20.3 Å². The van der Waals surface area contributed by atoms with Crippen molar-refractivity contribution >= 4 is 5.91 Å². The number of ether oxygens (including phenoxy) is 1. The molecule has 1 aromatic rings. The Hall–Kier alpha value is -1.59. The Balaban J connectivity index is 1.86. The Labute approximate surface area is 113 Å². The van der Waals surface area contributed by atoms with Gasteiger partial charge in [-0.05, 0) is 25.2 Å². The first-order valence-electron chi connectivity index (χ1n) is 6.53. The molecule has 0 bridgehead atoms. The molecule has 1 unspecified atom stereocenters. The van der Waals surface area contributed by atoms with Crippen LogP contribution >= 0.6 is 0 Å². The summed E-state index contributed by atoms with van der Waals surface area (Å²) in [6, 6.07) is 7.50. The van der Waals surface area contributed by atoms with E-state index in [9.17, 15) is 4.79 Å². The zero-order valence-electron chi connectivity index (χ0n) is 11.5. The Bertz CT molecular complexity index is 436. The van der Waals surface area contributed by atoms with Crippen LogP contribution in [0.4, 0.5) is 0 Å². The van der Waals surface area contributed by atoms with E-state index >= 15 is 0 Å². The van der Waals surface area contributed by atoms with Gasteiger partial charge in [-0.3, -0.25) is 4.79 Å². The number of hydrogen-bond donors (Lipinski definition) is 2. The second kappa shape index (κ2) is 6.54. The van der Waals surface area contributed by atoms with E-state index < -0.39 is 0 Å². The van der Waals surface area contributed by atoms with Crippen LogP contribution in [-0.2, 0) is 0 Å². The molecule has 5 nitrogen and oxygen atoms in total. The highest BCUT2D eigenvalue weighted by Gasteiger charge is 2.17. The highest BCUT2D eigenvalue weighted by atomic mass is 16.5. The highest BCUT2D eigenvalue weighted by molar-refractivity contribution is 5.94. The number of rotatable bonds is 4. The molecule has 0 radical (unpaired) electrons. The van der Waals surface area contributed by atoms with Gasteiger partial charge in [0.15, 0.2) is 0 Å². The molecule has 5 heteroatoms. The molecule has 0 aromatic heterocycles. The maximum atomic E-state index is 12.0. The van der Waals surface area contributed by atoms with Crippen molar-refractivity contribution in [3.05, 3.63) is 29.8 Å². The largest absolute Gasteiger partial charge is 0.497 e. The number of amides is 1. The summed E-state index contributed by atoms with van der Waals surface area (Å²) < 4.78 is 5.11. The zero-order chi connectivity index (χ0) is 13.7. The number of methoxy groups -OCH3 is 1. The zero-order valence-corrected chi connectivity index (χ0v) is 11.5. The second-order valence-electron chi connectivity index (χ2n) is 4.86. The molecule has 19 heavy (non-hydrogen) atoms. The summed E-state index contributed by atoms with van der Waals surface area (Å²) in [7, 11) is 3.69. The maximum Gasteiger partial charge on any atom is 0.251 e. The minimum Gasteiger partial charge on any atom is -0.497 e. The maximum absolute atomic E-state index is 12.0. The van der Waals surface area contributed by atoms with Gasteiger partial charge in [0, 0.05) is 37.8 Å². The van der Waals surface area contributed by atoms with Crippen molar-refractivity contribution in [3.8, 4) is 5.75 Å². The molecule has 1 amide bonds. The van der Waals surface area contributed by atoms with E-state index in [2.05, 4.69) is 22.6 Å². The highest BCUT2D eigenvalue weighted by Crippen LogP contribution is 2.12. The molecule has 0 aliphatic carbocycles. The van der Waals surface area contributed by atoms with E-state index in [1.165, 1.54) is 0 Å². The van der Waals surface area contributed by atoms with Crippen LogP contribution in [0.5, 0.6) is 5.75 Å². The molecule has 0 saturated carbocycles. The van der Waals surface area contributed by atoms with Crippen molar-refractivity contribution in [2.45, 2.75) is 6.04 Å².